The summed E-state index contributed by atoms with van der Waals surface area (Å²) in [5, 5.41) is 0. The summed E-state index contributed by atoms with van der Waals surface area (Å²) in [7, 11) is 0. The molecule has 0 rings (SSSR count). The molecule has 0 amide bonds. The van der Waals surface area contributed by atoms with Crippen molar-refractivity contribution in [2.45, 2.75) is 39.7 Å². The summed E-state index contributed by atoms with van der Waals surface area (Å²) in [4.78, 5) is 11.3. The fourth-order valence-electron chi connectivity index (χ4n) is 1.23. The van der Waals surface area contributed by atoms with Crippen LogP contribution < -0.4 is 5.73 Å². The second-order valence-electron chi connectivity index (χ2n) is 3.74. The highest BCUT2D eigenvalue weighted by Gasteiger charge is 2.30. The van der Waals surface area contributed by atoms with Crippen LogP contribution in [0, 0.1) is 5.92 Å². The lowest BCUT2D eigenvalue weighted by molar-refractivity contribution is -0.149. The maximum atomic E-state index is 11.3. The second-order valence-corrected chi connectivity index (χ2v) is 3.74. The third kappa shape index (κ3) is 3.72. The molecule has 0 aromatic rings. The molecule has 0 aliphatic carbocycles. The van der Waals surface area contributed by atoms with E-state index in [1.807, 2.05) is 13.8 Å². The quantitative estimate of drug-likeness (QED) is 0.652. The fraction of sp³-hybridized carbons (Fsp3) is 0.889. The van der Waals surface area contributed by atoms with Gasteiger partial charge in [-0.3, -0.25) is 4.79 Å². The van der Waals surface area contributed by atoms with Crippen molar-refractivity contribution < 1.29 is 9.53 Å². The molecular weight excluding hydrogens is 154 g/mol. The van der Waals surface area contributed by atoms with E-state index in [4.69, 9.17) is 10.5 Å². The Bertz CT molecular complexity index is 153. The van der Waals surface area contributed by atoms with Gasteiger partial charge in [-0.05, 0) is 26.2 Å². The molecule has 0 spiro atoms. The van der Waals surface area contributed by atoms with Crippen LogP contribution in [0.4, 0.5) is 0 Å². The molecule has 0 heterocycles. The standard InChI is InChI=1S/C9H19NO2/c1-5-12-8(11)9(4,10)6-7(2)3/h7H,5-6,10H2,1-4H3/t9-/m0/s1. The van der Waals surface area contributed by atoms with Gasteiger partial charge in [0.25, 0.3) is 0 Å². The molecule has 1 atom stereocenters. The number of hydrogen-bond donors (Lipinski definition) is 1. The number of ether oxygens (including phenoxy) is 1. The zero-order valence-corrected chi connectivity index (χ0v) is 8.39. The lowest BCUT2D eigenvalue weighted by atomic mass is 9.92. The SMILES string of the molecule is CCOC(=O)[C@@](C)(N)CC(C)C. The Morgan fingerprint density at radius 1 is 1.58 bits per heavy atom. The molecule has 0 aliphatic rings. The first-order chi connectivity index (χ1) is 5.40. The maximum absolute atomic E-state index is 11.3. The topological polar surface area (TPSA) is 52.3 Å². The molecule has 3 nitrogen and oxygen atoms in total. The highest BCUT2D eigenvalue weighted by molar-refractivity contribution is 5.79. The fourth-order valence-corrected chi connectivity index (χ4v) is 1.23. The van der Waals surface area contributed by atoms with Gasteiger partial charge in [0.1, 0.15) is 5.54 Å². The van der Waals surface area contributed by atoms with Crippen LogP contribution in [0.5, 0.6) is 0 Å². The summed E-state index contributed by atoms with van der Waals surface area (Å²) in [6.07, 6.45) is 0.659. The predicted molar refractivity (Wildman–Crippen MR) is 48.7 cm³/mol. The van der Waals surface area contributed by atoms with Crippen molar-refractivity contribution in [1.82, 2.24) is 0 Å². The van der Waals surface area contributed by atoms with Crippen molar-refractivity contribution in [1.29, 1.82) is 0 Å². The van der Waals surface area contributed by atoms with Crippen LogP contribution in [0.3, 0.4) is 0 Å². The largest absolute Gasteiger partial charge is 0.465 e. The van der Waals surface area contributed by atoms with E-state index < -0.39 is 5.54 Å². The van der Waals surface area contributed by atoms with E-state index in [-0.39, 0.29) is 5.97 Å². The molecule has 0 saturated heterocycles. The molecule has 2 N–H and O–H groups in total. The molecule has 0 aromatic heterocycles. The van der Waals surface area contributed by atoms with Crippen molar-refractivity contribution in [3.05, 3.63) is 0 Å². The molecule has 0 aliphatic heterocycles. The Morgan fingerprint density at radius 2 is 2.08 bits per heavy atom. The molecule has 0 saturated carbocycles. The smallest absolute Gasteiger partial charge is 0.325 e. The molecule has 0 aromatic carbocycles. The minimum atomic E-state index is -0.829. The van der Waals surface area contributed by atoms with E-state index in [0.717, 1.165) is 0 Å². The number of nitrogens with two attached hydrogens (primary N) is 1. The van der Waals surface area contributed by atoms with Gasteiger partial charge in [0.15, 0.2) is 0 Å². The van der Waals surface area contributed by atoms with Gasteiger partial charge < -0.3 is 10.5 Å². The predicted octanol–water partition coefficient (Wildman–Crippen LogP) is 1.31. The van der Waals surface area contributed by atoms with Gasteiger partial charge in [0.2, 0.25) is 0 Å². The molecule has 3 heteroatoms. The Kier molecular flexibility index (Phi) is 4.24. The van der Waals surface area contributed by atoms with Crippen LogP contribution in [0.2, 0.25) is 0 Å². The Morgan fingerprint density at radius 3 is 2.42 bits per heavy atom. The Balaban J connectivity index is 4.09. The lowest BCUT2D eigenvalue weighted by Crippen LogP contribution is -2.47. The van der Waals surface area contributed by atoms with Crippen molar-refractivity contribution in [3.63, 3.8) is 0 Å². The van der Waals surface area contributed by atoms with Crippen molar-refractivity contribution >= 4 is 5.97 Å². The van der Waals surface area contributed by atoms with E-state index in [0.29, 0.717) is 18.9 Å². The molecule has 12 heavy (non-hydrogen) atoms. The first-order valence-electron chi connectivity index (χ1n) is 4.36. The molecule has 72 valence electrons. The molecule has 0 unspecified atom stereocenters. The van der Waals surface area contributed by atoms with Gasteiger partial charge >= 0.3 is 5.97 Å². The van der Waals surface area contributed by atoms with Gasteiger partial charge in [0, 0.05) is 0 Å². The second kappa shape index (κ2) is 4.45. The van der Waals surface area contributed by atoms with Gasteiger partial charge in [-0.2, -0.15) is 0 Å². The minimum Gasteiger partial charge on any atom is -0.465 e. The maximum Gasteiger partial charge on any atom is 0.325 e. The van der Waals surface area contributed by atoms with Gasteiger partial charge in [0.05, 0.1) is 6.61 Å². The first kappa shape index (κ1) is 11.4. The average molecular weight is 173 g/mol. The summed E-state index contributed by atoms with van der Waals surface area (Å²) in [5.41, 5.74) is 4.94. The number of carbonyl (C=O) groups is 1. The number of rotatable bonds is 4. The third-order valence-corrected chi connectivity index (χ3v) is 1.57. The summed E-state index contributed by atoms with van der Waals surface area (Å²) < 4.78 is 4.84. The van der Waals surface area contributed by atoms with Crippen LogP contribution >= 0.6 is 0 Å². The average Bonchev–Trinajstić information content (AvgIpc) is 1.85. The van der Waals surface area contributed by atoms with Gasteiger partial charge in [-0.25, -0.2) is 0 Å². The van der Waals surface area contributed by atoms with E-state index in [1.165, 1.54) is 0 Å². The summed E-state index contributed by atoms with van der Waals surface area (Å²) in [5.74, 6) is 0.100. The van der Waals surface area contributed by atoms with E-state index in [1.54, 1.807) is 13.8 Å². The zero-order valence-electron chi connectivity index (χ0n) is 8.39. The normalized spacial score (nSPS) is 15.8. The summed E-state index contributed by atoms with van der Waals surface area (Å²) >= 11 is 0. The van der Waals surface area contributed by atoms with Crippen LogP contribution in [-0.2, 0) is 9.53 Å². The Hall–Kier alpha value is -0.570. The van der Waals surface area contributed by atoms with Crippen molar-refractivity contribution in [2.75, 3.05) is 6.61 Å². The Labute approximate surface area is 74.3 Å². The molecular formula is C9H19NO2. The van der Waals surface area contributed by atoms with Crippen LogP contribution in [0.1, 0.15) is 34.1 Å². The van der Waals surface area contributed by atoms with Crippen LogP contribution in [0.15, 0.2) is 0 Å². The van der Waals surface area contributed by atoms with E-state index in [2.05, 4.69) is 0 Å². The first-order valence-corrected chi connectivity index (χ1v) is 4.36. The molecule has 0 radical (unpaired) electrons. The highest BCUT2D eigenvalue weighted by atomic mass is 16.5. The number of hydrogen-bond acceptors (Lipinski definition) is 3. The minimum absolute atomic E-state index is 0.307. The molecule has 0 bridgehead atoms. The van der Waals surface area contributed by atoms with Crippen molar-refractivity contribution in [3.8, 4) is 0 Å². The van der Waals surface area contributed by atoms with Crippen molar-refractivity contribution in [2.24, 2.45) is 11.7 Å². The summed E-state index contributed by atoms with van der Waals surface area (Å²) in [6, 6.07) is 0. The van der Waals surface area contributed by atoms with Crippen LogP contribution in [0.25, 0.3) is 0 Å². The summed E-state index contributed by atoms with van der Waals surface area (Å²) in [6.45, 7) is 7.95. The van der Waals surface area contributed by atoms with E-state index in [9.17, 15) is 4.79 Å². The third-order valence-electron chi connectivity index (χ3n) is 1.57. The monoisotopic (exact) mass is 173 g/mol. The lowest BCUT2D eigenvalue weighted by Gasteiger charge is -2.23. The number of carbonyl (C=O) groups excluding carboxylic acids is 1. The van der Waals surface area contributed by atoms with Gasteiger partial charge in [-0.1, -0.05) is 13.8 Å². The van der Waals surface area contributed by atoms with Crippen LogP contribution in [-0.4, -0.2) is 18.1 Å². The van der Waals surface area contributed by atoms with E-state index >= 15 is 0 Å². The zero-order chi connectivity index (χ0) is 9.78. The number of esters is 1. The van der Waals surface area contributed by atoms with Gasteiger partial charge in [-0.15, -0.1) is 0 Å². The molecule has 0 fully saturated rings. The highest BCUT2D eigenvalue weighted by Crippen LogP contribution is 2.14.